The molecule has 0 radical (unpaired) electrons. The van der Waals surface area contributed by atoms with E-state index < -0.39 is 0 Å². The number of benzene rings is 2. The van der Waals surface area contributed by atoms with E-state index in [1.807, 2.05) is 30.3 Å². The first-order valence-electron chi connectivity index (χ1n) is 8.81. The molecule has 3 atom stereocenters. The summed E-state index contributed by atoms with van der Waals surface area (Å²) in [6, 6.07) is 20.8. The predicted molar refractivity (Wildman–Crippen MR) is 93.6 cm³/mol. The van der Waals surface area contributed by atoms with Crippen LogP contribution in [0.5, 0.6) is 0 Å². The molecule has 2 aromatic carbocycles. The highest BCUT2D eigenvalue weighted by Crippen LogP contribution is 2.62. The van der Waals surface area contributed by atoms with E-state index in [0.29, 0.717) is 12.5 Å². The lowest BCUT2D eigenvalue weighted by atomic mass is 9.80. The summed E-state index contributed by atoms with van der Waals surface area (Å²) >= 11 is 0. The number of amides is 1. The van der Waals surface area contributed by atoms with Gasteiger partial charge in [-0.25, -0.2) is 4.79 Å². The number of ether oxygens (including phenoxy) is 1. The summed E-state index contributed by atoms with van der Waals surface area (Å²) in [6.45, 7) is 0.327. The van der Waals surface area contributed by atoms with Crippen molar-refractivity contribution in [3.05, 3.63) is 71.8 Å². The third-order valence-corrected chi connectivity index (χ3v) is 5.62. The van der Waals surface area contributed by atoms with Gasteiger partial charge in [-0.05, 0) is 36.3 Å². The SMILES string of the molecule is O=C(N[C@@H]1CCC[C@]2(c3ccccc3)C[C@H]12)OCc1ccccc1. The molecule has 0 unspecified atom stereocenters. The van der Waals surface area contributed by atoms with Crippen molar-refractivity contribution in [3.8, 4) is 0 Å². The quantitative estimate of drug-likeness (QED) is 0.905. The van der Waals surface area contributed by atoms with Gasteiger partial charge < -0.3 is 10.1 Å². The first-order chi connectivity index (χ1) is 11.8. The smallest absolute Gasteiger partial charge is 0.407 e. The molecule has 3 nitrogen and oxygen atoms in total. The molecule has 3 heteroatoms. The van der Waals surface area contributed by atoms with Gasteiger partial charge in [-0.15, -0.1) is 0 Å². The first kappa shape index (κ1) is 15.3. The molecule has 0 saturated heterocycles. The van der Waals surface area contributed by atoms with E-state index >= 15 is 0 Å². The van der Waals surface area contributed by atoms with E-state index in [9.17, 15) is 4.79 Å². The molecular formula is C21H23NO2. The summed E-state index contributed by atoms with van der Waals surface area (Å²) in [7, 11) is 0. The van der Waals surface area contributed by atoms with Gasteiger partial charge in [0.15, 0.2) is 0 Å². The molecule has 2 saturated carbocycles. The molecule has 0 aliphatic heterocycles. The molecular weight excluding hydrogens is 298 g/mol. The van der Waals surface area contributed by atoms with Crippen molar-refractivity contribution in [3.63, 3.8) is 0 Å². The zero-order valence-electron chi connectivity index (χ0n) is 13.8. The number of rotatable bonds is 4. The van der Waals surface area contributed by atoms with Gasteiger partial charge in [-0.3, -0.25) is 0 Å². The number of hydrogen-bond acceptors (Lipinski definition) is 2. The van der Waals surface area contributed by atoms with E-state index in [2.05, 4.69) is 35.6 Å². The summed E-state index contributed by atoms with van der Waals surface area (Å²) in [5.74, 6) is 0.554. The molecule has 0 spiro atoms. The number of carbonyl (C=O) groups is 1. The van der Waals surface area contributed by atoms with Crippen LogP contribution < -0.4 is 5.32 Å². The predicted octanol–water partition coefficient (Wildman–Crippen LogP) is 4.42. The van der Waals surface area contributed by atoms with Gasteiger partial charge in [-0.2, -0.15) is 0 Å². The van der Waals surface area contributed by atoms with Crippen LogP contribution in [0.15, 0.2) is 60.7 Å². The maximum Gasteiger partial charge on any atom is 0.407 e. The lowest BCUT2D eigenvalue weighted by molar-refractivity contribution is 0.131. The lowest BCUT2D eigenvalue weighted by Gasteiger charge is -2.29. The molecule has 1 N–H and O–H groups in total. The Kier molecular flexibility index (Phi) is 4.01. The van der Waals surface area contributed by atoms with Crippen LogP contribution in [0.25, 0.3) is 0 Å². The zero-order chi connectivity index (χ0) is 16.4. The Labute approximate surface area is 143 Å². The van der Waals surface area contributed by atoms with E-state index in [-0.39, 0.29) is 17.6 Å². The second kappa shape index (κ2) is 6.31. The van der Waals surface area contributed by atoms with Crippen molar-refractivity contribution < 1.29 is 9.53 Å². The van der Waals surface area contributed by atoms with Crippen LogP contribution in [-0.4, -0.2) is 12.1 Å². The molecule has 0 bridgehead atoms. The van der Waals surface area contributed by atoms with Crippen LogP contribution in [0.3, 0.4) is 0 Å². The van der Waals surface area contributed by atoms with Gasteiger partial charge in [0.1, 0.15) is 6.61 Å². The van der Waals surface area contributed by atoms with Crippen LogP contribution in [-0.2, 0) is 16.8 Å². The highest BCUT2D eigenvalue weighted by atomic mass is 16.5. The standard InChI is InChI=1S/C21H23NO2/c23-20(24-15-16-8-3-1-4-9-16)22-19-12-7-13-21(14-18(19)21)17-10-5-2-6-11-17/h1-6,8-11,18-19H,7,12-15H2,(H,22,23)/t18-,19-,21-/m1/s1. The fraction of sp³-hybridized carbons (Fsp3) is 0.381. The molecule has 4 rings (SSSR count). The maximum atomic E-state index is 12.2. The summed E-state index contributed by atoms with van der Waals surface area (Å²) in [5.41, 5.74) is 2.73. The van der Waals surface area contributed by atoms with Crippen molar-refractivity contribution in [1.29, 1.82) is 0 Å². The summed E-state index contributed by atoms with van der Waals surface area (Å²) in [4.78, 5) is 12.2. The van der Waals surface area contributed by atoms with Crippen LogP contribution in [0.4, 0.5) is 4.79 Å². The minimum atomic E-state index is -0.292. The van der Waals surface area contributed by atoms with Crippen LogP contribution in [0, 0.1) is 5.92 Å². The lowest BCUT2D eigenvalue weighted by Crippen LogP contribution is -2.40. The molecule has 2 aromatic rings. The highest BCUT2D eigenvalue weighted by molar-refractivity contribution is 5.68. The monoisotopic (exact) mass is 321 g/mol. The molecule has 2 aliphatic carbocycles. The molecule has 2 aliphatic rings. The summed E-state index contributed by atoms with van der Waals surface area (Å²) < 4.78 is 5.39. The van der Waals surface area contributed by atoms with Crippen LogP contribution >= 0.6 is 0 Å². The average molecular weight is 321 g/mol. The van der Waals surface area contributed by atoms with E-state index in [1.165, 1.54) is 18.4 Å². The van der Waals surface area contributed by atoms with Gasteiger partial charge in [0.05, 0.1) is 0 Å². The highest BCUT2D eigenvalue weighted by Gasteiger charge is 2.60. The Morgan fingerprint density at radius 2 is 1.79 bits per heavy atom. The van der Waals surface area contributed by atoms with Crippen LogP contribution in [0.1, 0.15) is 36.8 Å². The third-order valence-electron chi connectivity index (χ3n) is 5.62. The number of carbonyl (C=O) groups excluding carboxylic acids is 1. The average Bonchev–Trinajstić information content (AvgIpc) is 3.39. The zero-order valence-corrected chi connectivity index (χ0v) is 13.8. The van der Waals surface area contributed by atoms with Crippen molar-refractivity contribution in [2.75, 3.05) is 0 Å². The first-order valence-corrected chi connectivity index (χ1v) is 8.81. The number of nitrogens with one attached hydrogen (secondary N) is 1. The Balaban J connectivity index is 1.35. The maximum absolute atomic E-state index is 12.2. The number of alkyl carbamates (subject to hydrolysis) is 1. The fourth-order valence-corrected chi connectivity index (χ4v) is 4.32. The van der Waals surface area contributed by atoms with Gasteiger partial charge >= 0.3 is 6.09 Å². The van der Waals surface area contributed by atoms with Gasteiger partial charge in [0.2, 0.25) is 0 Å². The van der Waals surface area contributed by atoms with E-state index in [0.717, 1.165) is 18.4 Å². The Morgan fingerprint density at radius 1 is 1.08 bits per heavy atom. The third kappa shape index (κ3) is 2.91. The van der Waals surface area contributed by atoms with Crippen molar-refractivity contribution in [1.82, 2.24) is 5.32 Å². The fourth-order valence-electron chi connectivity index (χ4n) is 4.32. The largest absolute Gasteiger partial charge is 0.445 e. The number of fused-ring (bicyclic) bond motifs is 1. The molecule has 0 aromatic heterocycles. The molecule has 24 heavy (non-hydrogen) atoms. The Hall–Kier alpha value is -2.29. The second-order valence-corrected chi connectivity index (χ2v) is 7.04. The van der Waals surface area contributed by atoms with Crippen LogP contribution in [0.2, 0.25) is 0 Å². The van der Waals surface area contributed by atoms with E-state index in [4.69, 9.17) is 4.74 Å². The normalized spacial score (nSPS) is 27.8. The molecule has 124 valence electrons. The van der Waals surface area contributed by atoms with Gasteiger partial charge in [0.25, 0.3) is 0 Å². The Morgan fingerprint density at radius 3 is 2.54 bits per heavy atom. The minimum absolute atomic E-state index is 0.238. The van der Waals surface area contributed by atoms with Crippen molar-refractivity contribution >= 4 is 6.09 Å². The second-order valence-electron chi connectivity index (χ2n) is 7.04. The Bertz CT molecular complexity index is 700. The summed E-state index contributed by atoms with van der Waals surface area (Å²) in [6.07, 6.45) is 4.34. The molecule has 2 fully saturated rings. The topological polar surface area (TPSA) is 38.3 Å². The van der Waals surface area contributed by atoms with Gasteiger partial charge in [-0.1, -0.05) is 67.1 Å². The summed E-state index contributed by atoms with van der Waals surface area (Å²) in [5, 5.41) is 3.11. The minimum Gasteiger partial charge on any atom is -0.445 e. The van der Waals surface area contributed by atoms with E-state index in [1.54, 1.807) is 0 Å². The van der Waals surface area contributed by atoms with Crippen molar-refractivity contribution in [2.24, 2.45) is 5.92 Å². The number of hydrogen-bond donors (Lipinski definition) is 1. The van der Waals surface area contributed by atoms with Gasteiger partial charge in [0, 0.05) is 11.5 Å². The molecule has 1 amide bonds. The molecule has 0 heterocycles. The van der Waals surface area contributed by atoms with Crippen molar-refractivity contribution in [2.45, 2.75) is 43.7 Å².